The first-order valence-electron chi connectivity index (χ1n) is 7.46. The smallest absolute Gasteiger partial charge is 0.224 e. The molecule has 2 rings (SSSR count). The van der Waals surface area contributed by atoms with Crippen LogP contribution in [0.4, 0.5) is 0 Å². The lowest BCUT2D eigenvalue weighted by Crippen LogP contribution is -2.40. The lowest BCUT2D eigenvalue weighted by molar-refractivity contribution is -0.126. The van der Waals surface area contributed by atoms with Crippen LogP contribution in [0.1, 0.15) is 44.4 Å². The molecular weight excluding hydrogens is 248 g/mol. The van der Waals surface area contributed by atoms with Gasteiger partial charge in [-0.05, 0) is 36.4 Å². The Morgan fingerprint density at radius 2 is 2.05 bits per heavy atom. The summed E-state index contributed by atoms with van der Waals surface area (Å²) in [4.78, 5) is 12.4. The zero-order valence-electron chi connectivity index (χ0n) is 13.0. The molecule has 1 fully saturated rings. The van der Waals surface area contributed by atoms with Crippen molar-refractivity contribution in [1.82, 2.24) is 10.6 Å². The van der Waals surface area contributed by atoms with Crippen molar-refractivity contribution in [3.8, 4) is 0 Å². The minimum Gasteiger partial charge on any atom is -0.348 e. The Balaban J connectivity index is 2.21. The Bertz CT molecular complexity index is 470. The molecule has 1 amide bonds. The third kappa shape index (κ3) is 3.40. The van der Waals surface area contributed by atoms with Crippen LogP contribution in [0.2, 0.25) is 0 Å². The number of aryl methyl sites for hydroxylation is 1. The topological polar surface area (TPSA) is 41.1 Å². The van der Waals surface area contributed by atoms with Gasteiger partial charge in [0.1, 0.15) is 0 Å². The Kier molecular flexibility index (Phi) is 4.48. The molecule has 2 N–H and O–H groups in total. The second kappa shape index (κ2) is 5.96. The van der Waals surface area contributed by atoms with Crippen LogP contribution >= 0.6 is 0 Å². The van der Waals surface area contributed by atoms with E-state index < -0.39 is 0 Å². The molecule has 1 aliphatic rings. The largest absolute Gasteiger partial charge is 0.348 e. The highest BCUT2D eigenvalue weighted by molar-refractivity contribution is 5.79. The summed E-state index contributed by atoms with van der Waals surface area (Å²) in [6, 6.07) is 8.37. The number of rotatable bonds is 3. The summed E-state index contributed by atoms with van der Waals surface area (Å²) in [5.74, 6) is 0.294. The van der Waals surface area contributed by atoms with E-state index in [0.29, 0.717) is 0 Å². The van der Waals surface area contributed by atoms with Gasteiger partial charge in [0.15, 0.2) is 0 Å². The van der Waals surface area contributed by atoms with Crippen LogP contribution in [-0.4, -0.2) is 19.0 Å². The SMILES string of the molecule is Cc1ccccc1C(NC(=O)C1CCNC1)C(C)(C)C. The molecule has 0 bridgehead atoms. The van der Waals surface area contributed by atoms with Crippen molar-refractivity contribution in [2.24, 2.45) is 11.3 Å². The minimum atomic E-state index is -0.00614. The van der Waals surface area contributed by atoms with Crippen molar-refractivity contribution in [3.05, 3.63) is 35.4 Å². The van der Waals surface area contributed by atoms with Gasteiger partial charge in [-0.15, -0.1) is 0 Å². The second-order valence-corrected chi connectivity index (χ2v) is 6.85. The Morgan fingerprint density at radius 3 is 2.60 bits per heavy atom. The summed E-state index contributed by atoms with van der Waals surface area (Å²) in [6.07, 6.45) is 0.941. The average Bonchev–Trinajstić information content (AvgIpc) is 2.89. The number of carbonyl (C=O) groups excluding carboxylic acids is 1. The van der Waals surface area contributed by atoms with Gasteiger partial charge in [0.25, 0.3) is 0 Å². The zero-order valence-corrected chi connectivity index (χ0v) is 13.0. The summed E-state index contributed by atoms with van der Waals surface area (Å²) >= 11 is 0. The van der Waals surface area contributed by atoms with Crippen molar-refractivity contribution in [2.75, 3.05) is 13.1 Å². The molecule has 20 heavy (non-hydrogen) atoms. The Hall–Kier alpha value is -1.35. The molecular formula is C17H26N2O. The predicted octanol–water partition coefficient (Wildman–Crippen LogP) is 2.81. The minimum absolute atomic E-state index is 0.00614. The van der Waals surface area contributed by atoms with Gasteiger partial charge >= 0.3 is 0 Å². The summed E-state index contributed by atoms with van der Waals surface area (Å²) in [5.41, 5.74) is 2.45. The lowest BCUT2D eigenvalue weighted by atomic mass is 9.80. The van der Waals surface area contributed by atoms with E-state index in [0.717, 1.165) is 19.5 Å². The van der Waals surface area contributed by atoms with Gasteiger partial charge in [0.05, 0.1) is 12.0 Å². The van der Waals surface area contributed by atoms with Crippen LogP contribution in [0.15, 0.2) is 24.3 Å². The quantitative estimate of drug-likeness (QED) is 0.890. The standard InChI is InChI=1S/C17H26N2O/c1-12-7-5-6-8-14(12)15(17(2,3)4)19-16(20)13-9-10-18-11-13/h5-8,13,15,18H,9-11H2,1-4H3,(H,19,20). The Labute approximate surface area is 122 Å². The van der Waals surface area contributed by atoms with E-state index in [4.69, 9.17) is 0 Å². The van der Waals surface area contributed by atoms with Crippen molar-refractivity contribution < 1.29 is 4.79 Å². The van der Waals surface area contributed by atoms with Gasteiger partial charge in [-0.1, -0.05) is 45.0 Å². The molecule has 0 aliphatic carbocycles. The van der Waals surface area contributed by atoms with Gasteiger partial charge in [-0.3, -0.25) is 4.79 Å². The molecule has 1 saturated heterocycles. The first-order chi connectivity index (χ1) is 9.39. The van der Waals surface area contributed by atoms with Crippen LogP contribution in [0, 0.1) is 18.3 Å². The molecule has 1 aromatic rings. The molecule has 0 spiro atoms. The zero-order chi connectivity index (χ0) is 14.8. The fraction of sp³-hybridized carbons (Fsp3) is 0.588. The van der Waals surface area contributed by atoms with Gasteiger partial charge in [-0.2, -0.15) is 0 Å². The molecule has 1 aromatic carbocycles. The fourth-order valence-corrected chi connectivity index (χ4v) is 2.81. The van der Waals surface area contributed by atoms with Gasteiger partial charge in [0.2, 0.25) is 5.91 Å². The van der Waals surface area contributed by atoms with Crippen LogP contribution < -0.4 is 10.6 Å². The number of benzene rings is 1. The maximum absolute atomic E-state index is 12.4. The normalized spacial score (nSPS) is 20.7. The van der Waals surface area contributed by atoms with Crippen molar-refractivity contribution in [1.29, 1.82) is 0 Å². The highest BCUT2D eigenvalue weighted by Crippen LogP contribution is 2.34. The van der Waals surface area contributed by atoms with E-state index in [-0.39, 0.29) is 23.3 Å². The third-order valence-electron chi connectivity index (χ3n) is 4.08. The van der Waals surface area contributed by atoms with Gasteiger partial charge in [0, 0.05) is 6.54 Å². The number of carbonyl (C=O) groups is 1. The van der Waals surface area contributed by atoms with E-state index in [2.05, 4.69) is 50.5 Å². The lowest BCUT2D eigenvalue weighted by Gasteiger charge is -2.33. The predicted molar refractivity (Wildman–Crippen MR) is 82.5 cm³/mol. The third-order valence-corrected chi connectivity index (χ3v) is 4.08. The molecule has 110 valence electrons. The van der Waals surface area contributed by atoms with E-state index in [1.54, 1.807) is 0 Å². The highest BCUT2D eigenvalue weighted by Gasteiger charge is 2.31. The highest BCUT2D eigenvalue weighted by atomic mass is 16.2. The molecule has 0 saturated carbocycles. The molecule has 2 unspecified atom stereocenters. The molecule has 0 radical (unpaired) electrons. The first-order valence-corrected chi connectivity index (χ1v) is 7.46. The summed E-state index contributed by atoms with van der Waals surface area (Å²) < 4.78 is 0. The molecule has 3 nitrogen and oxygen atoms in total. The summed E-state index contributed by atoms with van der Waals surface area (Å²) in [7, 11) is 0. The molecule has 1 aliphatic heterocycles. The number of nitrogens with one attached hydrogen (secondary N) is 2. The Morgan fingerprint density at radius 1 is 1.35 bits per heavy atom. The van der Waals surface area contributed by atoms with E-state index in [1.165, 1.54) is 11.1 Å². The number of hydrogen-bond acceptors (Lipinski definition) is 2. The maximum Gasteiger partial charge on any atom is 0.224 e. The van der Waals surface area contributed by atoms with E-state index >= 15 is 0 Å². The van der Waals surface area contributed by atoms with Crippen LogP contribution in [0.25, 0.3) is 0 Å². The first kappa shape index (κ1) is 15.0. The fourth-order valence-electron chi connectivity index (χ4n) is 2.81. The van der Waals surface area contributed by atoms with Crippen molar-refractivity contribution in [3.63, 3.8) is 0 Å². The second-order valence-electron chi connectivity index (χ2n) is 6.85. The molecule has 1 heterocycles. The monoisotopic (exact) mass is 274 g/mol. The average molecular weight is 274 g/mol. The molecule has 3 heteroatoms. The van der Waals surface area contributed by atoms with Crippen molar-refractivity contribution in [2.45, 2.75) is 40.2 Å². The van der Waals surface area contributed by atoms with Gasteiger partial charge in [-0.25, -0.2) is 0 Å². The summed E-state index contributed by atoms with van der Waals surface area (Å²) in [6.45, 7) is 10.4. The summed E-state index contributed by atoms with van der Waals surface area (Å²) in [5, 5.41) is 6.53. The van der Waals surface area contributed by atoms with Crippen LogP contribution in [0.3, 0.4) is 0 Å². The maximum atomic E-state index is 12.4. The van der Waals surface area contributed by atoms with Gasteiger partial charge < -0.3 is 10.6 Å². The number of amides is 1. The van der Waals surface area contributed by atoms with Crippen LogP contribution in [-0.2, 0) is 4.79 Å². The van der Waals surface area contributed by atoms with Crippen LogP contribution in [0.5, 0.6) is 0 Å². The van der Waals surface area contributed by atoms with Crippen molar-refractivity contribution >= 4 is 5.91 Å². The molecule has 0 aromatic heterocycles. The van der Waals surface area contributed by atoms with E-state index in [1.807, 2.05) is 12.1 Å². The van der Waals surface area contributed by atoms with E-state index in [9.17, 15) is 4.79 Å². The number of hydrogen-bond donors (Lipinski definition) is 2. The molecule has 2 atom stereocenters.